The SMILES string of the molecule is CC(C)n1c(=O)cc(N(O)[C@@H](C)c2ccccc2)[nH]c1=O. The summed E-state index contributed by atoms with van der Waals surface area (Å²) in [4.78, 5) is 26.4. The zero-order valence-electron chi connectivity index (χ0n) is 12.3. The number of benzene rings is 1. The van der Waals surface area contributed by atoms with E-state index in [2.05, 4.69) is 4.98 Å². The Labute approximate surface area is 122 Å². The molecule has 6 heteroatoms. The van der Waals surface area contributed by atoms with Gasteiger partial charge in [-0.05, 0) is 26.3 Å². The van der Waals surface area contributed by atoms with Crippen molar-refractivity contribution in [2.75, 3.05) is 5.06 Å². The molecule has 0 unspecified atom stereocenters. The normalized spacial score (nSPS) is 12.4. The van der Waals surface area contributed by atoms with Crippen LogP contribution in [-0.2, 0) is 0 Å². The monoisotopic (exact) mass is 289 g/mol. The average Bonchev–Trinajstić information content (AvgIpc) is 2.45. The topological polar surface area (TPSA) is 78.3 Å². The number of nitrogens with zero attached hydrogens (tertiary/aromatic N) is 2. The molecule has 0 aliphatic heterocycles. The zero-order valence-corrected chi connectivity index (χ0v) is 12.3. The average molecular weight is 289 g/mol. The Balaban J connectivity index is 2.39. The van der Waals surface area contributed by atoms with Crippen LogP contribution in [0.1, 0.15) is 38.4 Å². The van der Waals surface area contributed by atoms with Crippen molar-refractivity contribution in [3.63, 3.8) is 0 Å². The minimum Gasteiger partial charge on any atom is -0.292 e. The number of nitrogens with one attached hydrogen (secondary N) is 1. The Morgan fingerprint density at radius 3 is 2.29 bits per heavy atom. The number of hydrogen-bond acceptors (Lipinski definition) is 4. The van der Waals surface area contributed by atoms with Crippen molar-refractivity contribution in [2.24, 2.45) is 0 Å². The second kappa shape index (κ2) is 5.97. The highest BCUT2D eigenvalue weighted by Crippen LogP contribution is 2.21. The van der Waals surface area contributed by atoms with E-state index in [1.165, 1.54) is 6.07 Å². The van der Waals surface area contributed by atoms with Crippen molar-refractivity contribution in [3.05, 3.63) is 62.8 Å². The summed E-state index contributed by atoms with van der Waals surface area (Å²) in [6.07, 6.45) is 0. The van der Waals surface area contributed by atoms with Crippen molar-refractivity contribution in [1.82, 2.24) is 9.55 Å². The number of aromatic nitrogens is 2. The molecule has 0 aliphatic carbocycles. The molecule has 0 aliphatic rings. The summed E-state index contributed by atoms with van der Waals surface area (Å²) in [5, 5.41) is 11.1. The van der Waals surface area contributed by atoms with Crippen LogP contribution in [0.15, 0.2) is 46.0 Å². The highest BCUT2D eigenvalue weighted by atomic mass is 16.5. The second-order valence-electron chi connectivity index (χ2n) is 5.19. The molecule has 0 saturated heterocycles. The number of rotatable bonds is 4. The standard InChI is InChI=1S/C15H19N3O3/c1-10(2)17-14(19)9-13(16-15(17)20)18(21)11(3)12-7-5-4-6-8-12/h4-11,21H,1-3H3,(H,16,20)/t11-/m0/s1. The lowest BCUT2D eigenvalue weighted by atomic mass is 10.1. The molecule has 0 bridgehead atoms. The molecule has 112 valence electrons. The highest BCUT2D eigenvalue weighted by Gasteiger charge is 2.17. The summed E-state index contributed by atoms with van der Waals surface area (Å²) >= 11 is 0. The molecule has 2 rings (SSSR count). The van der Waals surface area contributed by atoms with Crippen LogP contribution >= 0.6 is 0 Å². The Hall–Kier alpha value is -2.34. The van der Waals surface area contributed by atoms with Crippen molar-refractivity contribution in [3.8, 4) is 0 Å². The van der Waals surface area contributed by atoms with Gasteiger partial charge in [0, 0.05) is 12.1 Å². The first kappa shape index (κ1) is 15.1. The minimum absolute atomic E-state index is 0.0817. The van der Waals surface area contributed by atoms with Gasteiger partial charge in [-0.15, -0.1) is 0 Å². The molecule has 1 atom stereocenters. The van der Waals surface area contributed by atoms with Crippen molar-refractivity contribution >= 4 is 5.82 Å². The number of aromatic amines is 1. The van der Waals surface area contributed by atoms with Crippen LogP contribution in [0.3, 0.4) is 0 Å². The van der Waals surface area contributed by atoms with Crippen LogP contribution < -0.4 is 16.3 Å². The van der Waals surface area contributed by atoms with E-state index in [4.69, 9.17) is 0 Å². The number of H-pyrrole nitrogens is 1. The Kier molecular flexibility index (Phi) is 4.28. The predicted molar refractivity (Wildman–Crippen MR) is 80.8 cm³/mol. The van der Waals surface area contributed by atoms with Crippen LogP contribution in [0.4, 0.5) is 5.82 Å². The third-order valence-electron chi connectivity index (χ3n) is 3.36. The van der Waals surface area contributed by atoms with Crippen LogP contribution in [0.25, 0.3) is 0 Å². The molecule has 0 spiro atoms. The molecule has 0 fully saturated rings. The van der Waals surface area contributed by atoms with Crippen molar-refractivity contribution in [2.45, 2.75) is 32.9 Å². The first-order valence-electron chi connectivity index (χ1n) is 6.80. The number of hydroxylamine groups is 1. The lowest BCUT2D eigenvalue weighted by Crippen LogP contribution is -2.38. The molecular formula is C15H19N3O3. The molecule has 2 N–H and O–H groups in total. The van der Waals surface area contributed by atoms with E-state index in [0.29, 0.717) is 0 Å². The Morgan fingerprint density at radius 1 is 1.14 bits per heavy atom. The van der Waals surface area contributed by atoms with Gasteiger partial charge in [-0.1, -0.05) is 30.3 Å². The third-order valence-corrected chi connectivity index (χ3v) is 3.36. The van der Waals surface area contributed by atoms with Gasteiger partial charge < -0.3 is 0 Å². The summed E-state index contributed by atoms with van der Waals surface area (Å²) in [5.74, 6) is 0.0817. The van der Waals surface area contributed by atoms with Crippen molar-refractivity contribution < 1.29 is 5.21 Å². The van der Waals surface area contributed by atoms with Crippen LogP contribution in [-0.4, -0.2) is 14.8 Å². The molecule has 2 aromatic rings. The van der Waals surface area contributed by atoms with Gasteiger partial charge in [0.15, 0.2) is 0 Å². The van der Waals surface area contributed by atoms with Crippen molar-refractivity contribution in [1.29, 1.82) is 0 Å². The molecule has 0 saturated carbocycles. The maximum atomic E-state index is 12.0. The summed E-state index contributed by atoms with van der Waals surface area (Å²) in [6, 6.07) is 9.91. The summed E-state index contributed by atoms with van der Waals surface area (Å²) < 4.78 is 1.10. The van der Waals surface area contributed by atoms with E-state index in [1.807, 2.05) is 30.3 Å². The minimum atomic E-state index is -0.535. The fourth-order valence-electron chi connectivity index (χ4n) is 2.19. The fourth-order valence-corrected chi connectivity index (χ4v) is 2.19. The van der Waals surface area contributed by atoms with Gasteiger partial charge in [0.2, 0.25) is 0 Å². The molecule has 6 nitrogen and oxygen atoms in total. The molecule has 0 amide bonds. The molecule has 1 heterocycles. The van der Waals surface area contributed by atoms with Gasteiger partial charge >= 0.3 is 5.69 Å². The smallest absolute Gasteiger partial charge is 0.292 e. The van der Waals surface area contributed by atoms with Gasteiger partial charge in [0.25, 0.3) is 5.56 Å². The molecular weight excluding hydrogens is 270 g/mol. The van der Waals surface area contributed by atoms with E-state index in [0.717, 1.165) is 15.2 Å². The van der Waals surface area contributed by atoms with Gasteiger partial charge in [-0.25, -0.2) is 9.86 Å². The predicted octanol–water partition coefficient (Wildman–Crippen LogP) is 2.07. The number of anilines is 1. The third kappa shape index (κ3) is 3.05. The Morgan fingerprint density at radius 2 is 1.76 bits per heavy atom. The van der Waals surface area contributed by atoms with E-state index in [9.17, 15) is 14.8 Å². The zero-order chi connectivity index (χ0) is 15.6. The maximum absolute atomic E-state index is 12.0. The second-order valence-corrected chi connectivity index (χ2v) is 5.19. The molecule has 21 heavy (non-hydrogen) atoms. The lowest BCUT2D eigenvalue weighted by molar-refractivity contribution is 0.219. The van der Waals surface area contributed by atoms with Gasteiger partial charge in [-0.2, -0.15) is 0 Å². The van der Waals surface area contributed by atoms with E-state index in [-0.39, 0.29) is 11.9 Å². The van der Waals surface area contributed by atoms with Gasteiger partial charge in [-0.3, -0.25) is 19.6 Å². The van der Waals surface area contributed by atoms with Crippen LogP contribution in [0.2, 0.25) is 0 Å². The molecule has 0 radical (unpaired) electrons. The van der Waals surface area contributed by atoms with Crippen LogP contribution in [0.5, 0.6) is 0 Å². The largest absolute Gasteiger partial charge is 0.330 e. The summed E-state index contributed by atoms with van der Waals surface area (Å²) in [5.41, 5.74) is -0.108. The van der Waals surface area contributed by atoms with E-state index < -0.39 is 17.3 Å². The first-order valence-corrected chi connectivity index (χ1v) is 6.80. The molecule has 1 aromatic carbocycles. The van der Waals surface area contributed by atoms with E-state index in [1.54, 1.807) is 20.8 Å². The van der Waals surface area contributed by atoms with Gasteiger partial charge in [0.1, 0.15) is 5.82 Å². The number of hydrogen-bond donors (Lipinski definition) is 2. The lowest BCUT2D eigenvalue weighted by Gasteiger charge is -2.24. The quantitative estimate of drug-likeness (QED) is 0.845. The fraction of sp³-hybridized carbons (Fsp3) is 0.333. The first-order chi connectivity index (χ1) is 9.91. The Bertz CT molecular complexity index is 688. The summed E-state index contributed by atoms with van der Waals surface area (Å²) in [7, 11) is 0. The van der Waals surface area contributed by atoms with Crippen LogP contribution in [0, 0.1) is 0 Å². The highest BCUT2D eigenvalue weighted by molar-refractivity contribution is 5.37. The summed E-state index contributed by atoms with van der Waals surface area (Å²) in [6.45, 7) is 5.28. The van der Waals surface area contributed by atoms with E-state index >= 15 is 0 Å². The maximum Gasteiger partial charge on any atom is 0.330 e. The van der Waals surface area contributed by atoms with Gasteiger partial charge in [0.05, 0.1) is 6.04 Å². The molecule has 1 aromatic heterocycles.